The van der Waals surface area contributed by atoms with E-state index in [1.807, 2.05) is 19.1 Å². The van der Waals surface area contributed by atoms with Crippen LogP contribution in [0.15, 0.2) is 76.6 Å². The number of hydrogen-bond acceptors (Lipinski definition) is 7. The van der Waals surface area contributed by atoms with Crippen molar-refractivity contribution in [3.8, 4) is 5.75 Å². The van der Waals surface area contributed by atoms with Gasteiger partial charge in [0.1, 0.15) is 17.5 Å². The van der Waals surface area contributed by atoms with Gasteiger partial charge in [0.05, 0.1) is 33.8 Å². The van der Waals surface area contributed by atoms with Crippen LogP contribution in [0.3, 0.4) is 0 Å². The number of carbonyl (C=O) groups is 3. The van der Waals surface area contributed by atoms with Gasteiger partial charge >= 0.3 is 4.87 Å². The smallest absolute Gasteiger partial charge is 0.308 e. The van der Waals surface area contributed by atoms with E-state index < -0.39 is 23.0 Å². The van der Waals surface area contributed by atoms with Crippen LogP contribution in [0.2, 0.25) is 10.0 Å². The summed E-state index contributed by atoms with van der Waals surface area (Å²) >= 11 is 15.1. The van der Waals surface area contributed by atoms with Gasteiger partial charge < -0.3 is 10.1 Å². The summed E-state index contributed by atoms with van der Waals surface area (Å²) in [5.41, 5.74) is 2.55. The van der Waals surface area contributed by atoms with Crippen LogP contribution in [-0.2, 0) is 20.9 Å². The van der Waals surface area contributed by atoms with E-state index in [0.717, 1.165) is 28.7 Å². The Kier molecular flexibility index (Phi) is 7.65. The molecule has 1 saturated heterocycles. The second-order valence-corrected chi connectivity index (χ2v) is 12.8. The van der Waals surface area contributed by atoms with E-state index in [9.17, 15) is 19.2 Å². The highest BCUT2D eigenvalue weighted by atomic mass is 35.5. The Labute approximate surface area is 259 Å². The van der Waals surface area contributed by atoms with E-state index in [-0.39, 0.29) is 28.3 Å². The second kappa shape index (κ2) is 11.3. The number of benzene rings is 3. The first-order valence-electron chi connectivity index (χ1n) is 12.9. The van der Waals surface area contributed by atoms with Crippen LogP contribution in [0.1, 0.15) is 21.9 Å². The average molecular weight is 641 g/mol. The Balaban J connectivity index is 1.41. The minimum atomic E-state index is -0.837. The van der Waals surface area contributed by atoms with Crippen molar-refractivity contribution in [2.45, 2.75) is 29.7 Å². The Bertz CT molecular complexity index is 1790. The lowest BCUT2D eigenvalue weighted by Crippen LogP contribution is -2.33. The first kappa shape index (κ1) is 28.5. The fourth-order valence-electron chi connectivity index (χ4n) is 5.32. The number of methoxy groups -OCH3 is 1. The summed E-state index contributed by atoms with van der Waals surface area (Å²) in [5, 5.41) is 2.96. The van der Waals surface area contributed by atoms with Crippen LogP contribution in [0.5, 0.6) is 5.75 Å². The molecule has 3 atom stereocenters. The zero-order valence-electron chi connectivity index (χ0n) is 22.3. The third-order valence-corrected chi connectivity index (χ3v) is 10.8. The van der Waals surface area contributed by atoms with Gasteiger partial charge in [0.25, 0.3) is 0 Å². The number of nitrogens with zero attached hydrogens (tertiary/aromatic N) is 2. The first-order valence-corrected chi connectivity index (χ1v) is 15.4. The van der Waals surface area contributed by atoms with E-state index in [1.165, 1.54) is 9.47 Å². The number of aromatic nitrogens is 1. The number of amides is 3. The summed E-state index contributed by atoms with van der Waals surface area (Å²) in [4.78, 5) is 55.7. The summed E-state index contributed by atoms with van der Waals surface area (Å²) in [7, 11) is 1.55. The van der Waals surface area contributed by atoms with Crippen molar-refractivity contribution in [3.05, 3.63) is 102 Å². The predicted molar refractivity (Wildman–Crippen MR) is 165 cm³/mol. The standard InChI is InChI=1S/C30H23Cl2N3O5S2/c1-15-6-10-17(11-7-15)35-27(37)23-22(19-4-3-5-20(31)24(19)32)26-29(41-25(23)28(35)38)34(30(39)42-26)14-21(36)33-16-8-12-18(40-2)13-9-16/h3-13,22-23,25H,14H2,1-2H3,(H,33,36)/t22-,23?,25?/m1/s1. The van der Waals surface area contributed by atoms with E-state index in [1.54, 1.807) is 61.7 Å². The van der Waals surface area contributed by atoms with Gasteiger partial charge in [-0.2, -0.15) is 0 Å². The zero-order valence-corrected chi connectivity index (χ0v) is 25.4. The van der Waals surface area contributed by atoms with Crippen LogP contribution < -0.4 is 19.8 Å². The number of carbonyl (C=O) groups excluding carboxylic acids is 3. The molecule has 42 heavy (non-hydrogen) atoms. The quantitative estimate of drug-likeness (QED) is 0.261. The third-order valence-electron chi connectivity index (χ3n) is 7.33. The molecule has 6 rings (SSSR count). The molecule has 3 aromatic carbocycles. The second-order valence-electron chi connectivity index (χ2n) is 9.93. The Morgan fingerprint density at radius 3 is 2.38 bits per heavy atom. The van der Waals surface area contributed by atoms with Crippen LogP contribution in [0, 0.1) is 12.8 Å². The number of imide groups is 1. The van der Waals surface area contributed by atoms with E-state index in [4.69, 9.17) is 27.9 Å². The van der Waals surface area contributed by atoms with Crippen LogP contribution in [0.4, 0.5) is 11.4 Å². The fraction of sp³-hybridized carbons (Fsp3) is 0.200. The SMILES string of the molecule is COc1ccc(NC(=O)Cn2c3c(sc2=O)[C@H](c2cccc(Cl)c2Cl)C2C(=O)N(c4ccc(C)cc4)C(=O)C2S3)cc1. The number of thiazole rings is 1. The highest BCUT2D eigenvalue weighted by Gasteiger charge is 2.57. The van der Waals surface area contributed by atoms with Crippen molar-refractivity contribution in [2.24, 2.45) is 5.92 Å². The van der Waals surface area contributed by atoms with Crippen LogP contribution >= 0.6 is 46.3 Å². The number of thioether (sulfide) groups is 1. The van der Waals surface area contributed by atoms with Gasteiger partial charge in [0.15, 0.2) is 0 Å². The molecule has 3 amide bonds. The molecule has 0 aliphatic carbocycles. The summed E-state index contributed by atoms with van der Waals surface area (Å²) in [6.07, 6.45) is 0. The number of hydrogen-bond donors (Lipinski definition) is 1. The maximum Gasteiger partial charge on any atom is 0.308 e. The molecule has 0 spiro atoms. The molecule has 8 nitrogen and oxygen atoms in total. The summed E-state index contributed by atoms with van der Waals surface area (Å²) in [6.45, 7) is 1.65. The van der Waals surface area contributed by atoms with E-state index in [0.29, 0.717) is 37.6 Å². The van der Waals surface area contributed by atoms with Crippen molar-refractivity contribution in [1.82, 2.24) is 4.57 Å². The number of rotatable bonds is 6. The summed E-state index contributed by atoms with van der Waals surface area (Å²) < 4.78 is 6.52. The number of halogens is 2. The molecule has 0 saturated carbocycles. The molecule has 214 valence electrons. The predicted octanol–water partition coefficient (Wildman–Crippen LogP) is 5.97. The molecule has 4 aromatic rings. The van der Waals surface area contributed by atoms with Gasteiger partial charge in [0.2, 0.25) is 17.7 Å². The lowest BCUT2D eigenvalue weighted by atomic mass is 9.83. The van der Waals surface area contributed by atoms with Crippen LogP contribution in [0.25, 0.3) is 0 Å². The molecule has 3 heterocycles. The molecular weight excluding hydrogens is 617 g/mol. The van der Waals surface area contributed by atoms with Crippen LogP contribution in [-0.4, -0.2) is 34.6 Å². The molecule has 1 fully saturated rings. The normalized spacial score (nSPS) is 19.4. The number of fused-ring (bicyclic) bond motifs is 2. The van der Waals surface area contributed by atoms with Crippen molar-refractivity contribution in [1.29, 1.82) is 0 Å². The minimum absolute atomic E-state index is 0.249. The lowest BCUT2D eigenvalue weighted by molar-refractivity contribution is -0.122. The number of anilines is 2. The number of aryl methyl sites for hydroxylation is 1. The van der Waals surface area contributed by atoms with Gasteiger partial charge in [-0.05, 0) is 55.0 Å². The number of ether oxygens (including phenoxy) is 1. The monoisotopic (exact) mass is 639 g/mol. The molecule has 12 heteroatoms. The highest BCUT2D eigenvalue weighted by molar-refractivity contribution is 8.00. The summed E-state index contributed by atoms with van der Waals surface area (Å²) in [5.74, 6) is -2.08. The minimum Gasteiger partial charge on any atom is -0.497 e. The van der Waals surface area contributed by atoms with E-state index >= 15 is 0 Å². The largest absolute Gasteiger partial charge is 0.497 e. The Morgan fingerprint density at radius 1 is 0.976 bits per heavy atom. The molecule has 2 unspecified atom stereocenters. The van der Waals surface area contributed by atoms with Crippen molar-refractivity contribution >= 4 is 75.4 Å². The van der Waals surface area contributed by atoms with Gasteiger partial charge in [0, 0.05) is 16.5 Å². The van der Waals surface area contributed by atoms with Gasteiger partial charge in [-0.15, -0.1) is 0 Å². The Hall–Kier alpha value is -3.57. The van der Waals surface area contributed by atoms with Gasteiger partial charge in [-0.1, -0.05) is 76.1 Å². The maximum atomic E-state index is 14.0. The van der Waals surface area contributed by atoms with Gasteiger partial charge in [-0.25, -0.2) is 4.90 Å². The number of nitrogens with one attached hydrogen (secondary N) is 1. The molecular formula is C30H23Cl2N3O5S2. The molecule has 0 radical (unpaired) electrons. The molecule has 2 aliphatic rings. The first-order chi connectivity index (χ1) is 20.2. The molecule has 1 aromatic heterocycles. The molecule has 0 bridgehead atoms. The van der Waals surface area contributed by atoms with Crippen molar-refractivity contribution in [2.75, 3.05) is 17.3 Å². The Morgan fingerprint density at radius 2 is 1.69 bits per heavy atom. The van der Waals surface area contributed by atoms with Gasteiger partial charge in [-0.3, -0.25) is 23.7 Å². The van der Waals surface area contributed by atoms with Crippen molar-refractivity contribution in [3.63, 3.8) is 0 Å². The topological polar surface area (TPSA) is 97.7 Å². The summed E-state index contributed by atoms with van der Waals surface area (Å²) in [6, 6.07) is 19.1. The molecule has 2 aliphatic heterocycles. The lowest BCUT2D eigenvalue weighted by Gasteiger charge is -2.31. The van der Waals surface area contributed by atoms with E-state index in [2.05, 4.69) is 5.32 Å². The maximum absolute atomic E-state index is 14.0. The zero-order chi connectivity index (χ0) is 29.7. The average Bonchev–Trinajstić information content (AvgIpc) is 3.42. The highest BCUT2D eigenvalue weighted by Crippen LogP contribution is 2.55. The molecule has 1 N–H and O–H groups in total. The fourth-order valence-corrected chi connectivity index (χ4v) is 8.51. The van der Waals surface area contributed by atoms with Crippen molar-refractivity contribution < 1.29 is 19.1 Å². The third kappa shape index (κ3) is 4.92.